The Morgan fingerprint density at radius 1 is 1.71 bits per heavy atom. The third-order valence-electron chi connectivity index (χ3n) is 1.56. The van der Waals surface area contributed by atoms with Crippen molar-refractivity contribution < 1.29 is 14.6 Å². The lowest BCUT2D eigenvalue weighted by atomic mass is 10.3. The lowest BCUT2D eigenvalue weighted by Crippen LogP contribution is -2.04. The van der Waals surface area contributed by atoms with E-state index in [1.54, 1.807) is 6.26 Å². The summed E-state index contributed by atoms with van der Waals surface area (Å²) >= 11 is 4.53. The third kappa shape index (κ3) is 2.01. The van der Waals surface area contributed by atoms with Crippen LogP contribution in [-0.2, 0) is 0 Å². The Morgan fingerprint density at radius 3 is 2.79 bits per heavy atom. The standard InChI is InChI=1S/C8H8BrNO3S/c1-13-6-4(9)3-10-5(8(11)12)7(6)14-2/h3H,1-2H3,(H,11,12). The molecule has 0 aliphatic heterocycles. The maximum Gasteiger partial charge on any atom is 0.355 e. The summed E-state index contributed by atoms with van der Waals surface area (Å²) in [6, 6.07) is 0. The SMILES string of the molecule is COc1c(Br)cnc(C(=O)O)c1SC. The van der Waals surface area contributed by atoms with Crippen molar-refractivity contribution in [3.05, 3.63) is 16.4 Å². The first-order valence-electron chi connectivity index (χ1n) is 3.61. The summed E-state index contributed by atoms with van der Waals surface area (Å²) in [6.07, 6.45) is 3.19. The fraction of sp³-hybridized carbons (Fsp3) is 0.250. The molecule has 0 atom stereocenters. The van der Waals surface area contributed by atoms with Crippen LogP contribution in [-0.4, -0.2) is 29.4 Å². The molecule has 4 nitrogen and oxygen atoms in total. The highest BCUT2D eigenvalue weighted by Crippen LogP contribution is 2.36. The molecule has 0 unspecified atom stereocenters. The van der Waals surface area contributed by atoms with Crippen LogP contribution >= 0.6 is 27.7 Å². The van der Waals surface area contributed by atoms with Gasteiger partial charge in [0, 0.05) is 6.20 Å². The number of carboxylic acids is 1. The van der Waals surface area contributed by atoms with Crippen LogP contribution in [0.2, 0.25) is 0 Å². The maximum atomic E-state index is 10.8. The van der Waals surface area contributed by atoms with Crippen LogP contribution in [0.4, 0.5) is 0 Å². The monoisotopic (exact) mass is 277 g/mol. The molecule has 1 N–H and O–H groups in total. The molecule has 14 heavy (non-hydrogen) atoms. The number of aromatic nitrogens is 1. The van der Waals surface area contributed by atoms with Crippen LogP contribution in [0.15, 0.2) is 15.6 Å². The second kappa shape index (κ2) is 4.65. The van der Waals surface area contributed by atoms with Gasteiger partial charge in [-0.3, -0.25) is 0 Å². The van der Waals surface area contributed by atoms with Crippen molar-refractivity contribution >= 4 is 33.7 Å². The highest BCUT2D eigenvalue weighted by molar-refractivity contribution is 9.10. The molecule has 0 saturated carbocycles. The molecule has 6 heteroatoms. The van der Waals surface area contributed by atoms with E-state index in [9.17, 15) is 4.79 Å². The number of carbonyl (C=O) groups is 1. The number of aromatic carboxylic acids is 1. The van der Waals surface area contributed by atoms with Crippen molar-refractivity contribution in [2.24, 2.45) is 0 Å². The highest BCUT2D eigenvalue weighted by atomic mass is 79.9. The van der Waals surface area contributed by atoms with E-state index in [2.05, 4.69) is 20.9 Å². The average Bonchev–Trinajstić information content (AvgIpc) is 2.16. The van der Waals surface area contributed by atoms with Crippen LogP contribution in [0.25, 0.3) is 0 Å². The number of nitrogens with zero attached hydrogens (tertiary/aromatic N) is 1. The predicted octanol–water partition coefficient (Wildman–Crippen LogP) is 2.27. The first kappa shape index (κ1) is 11.3. The quantitative estimate of drug-likeness (QED) is 0.859. The third-order valence-corrected chi connectivity index (χ3v) is 2.91. The van der Waals surface area contributed by atoms with E-state index in [4.69, 9.17) is 9.84 Å². The molecule has 1 rings (SSSR count). The van der Waals surface area contributed by atoms with Crippen LogP contribution in [0.3, 0.4) is 0 Å². The van der Waals surface area contributed by atoms with Gasteiger partial charge in [-0.2, -0.15) is 0 Å². The van der Waals surface area contributed by atoms with Crippen LogP contribution in [0.1, 0.15) is 10.5 Å². The van der Waals surface area contributed by atoms with E-state index in [0.717, 1.165) is 0 Å². The summed E-state index contributed by atoms with van der Waals surface area (Å²) in [7, 11) is 1.49. The molecule has 0 amide bonds. The van der Waals surface area contributed by atoms with E-state index >= 15 is 0 Å². The van der Waals surface area contributed by atoms with Gasteiger partial charge < -0.3 is 9.84 Å². The summed E-state index contributed by atoms with van der Waals surface area (Å²) in [5.74, 6) is -0.551. The zero-order chi connectivity index (χ0) is 10.7. The first-order chi connectivity index (χ1) is 6.61. The first-order valence-corrected chi connectivity index (χ1v) is 5.63. The minimum absolute atomic E-state index is 0.0116. The van der Waals surface area contributed by atoms with E-state index in [1.807, 2.05) is 0 Å². The molecule has 0 aromatic carbocycles. The molecule has 0 radical (unpaired) electrons. The van der Waals surface area contributed by atoms with Gasteiger partial charge in [0.25, 0.3) is 0 Å². The zero-order valence-electron chi connectivity index (χ0n) is 7.57. The second-order valence-electron chi connectivity index (χ2n) is 2.33. The molecular weight excluding hydrogens is 270 g/mol. The molecule has 0 bridgehead atoms. The topological polar surface area (TPSA) is 59.4 Å². The van der Waals surface area contributed by atoms with Crippen molar-refractivity contribution in [2.75, 3.05) is 13.4 Å². The van der Waals surface area contributed by atoms with E-state index in [0.29, 0.717) is 15.1 Å². The fourth-order valence-corrected chi connectivity index (χ4v) is 2.29. The van der Waals surface area contributed by atoms with Crippen LogP contribution < -0.4 is 4.74 Å². The number of halogens is 1. The smallest absolute Gasteiger partial charge is 0.355 e. The van der Waals surface area contributed by atoms with Crippen molar-refractivity contribution in [1.82, 2.24) is 4.98 Å². The maximum absolute atomic E-state index is 10.8. The van der Waals surface area contributed by atoms with Gasteiger partial charge in [-0.15, -0.1) is 11.8 Å². The van der Waals surface area contributed by atoms with Gasteiger partial charge in [-0.05, 0) is 22.2 Å². The minimum atomic E-state index is -1.06. The van der Waals surface area contributed by atoms with Crippen molar-refractivity contribution in [3.8, 4) is 5.75 Å². The Balaban J connectivity index is 3.40. The Hall–Kier alpha value is -0.750. The van der Waals surface area contributed by atoms with Gasteiger partial charge in [0.1, 0.15) is 0 Å². The summed E-state index contributed by atoms with van der Waals surface area (Å²) < 4.78 is 5.73. The van der Waals surface area contributed by atoms with Gasteiger partial charge in [0.2, 0.25) is 0 Å². The summed E-state index contributed by atoms with van der Waals surface area (Å²) in [4.78, 5) is 15.1. The molecule has 0 saturated heterocycles. The van der Waals surface area contributed by atoms with Gasteiger partial charge in [0.15, 0.2) is 11.4 Å². The van der Waals surface area contributed by atoms with E-state index in [-0.39, 0.29) is 5.69 Å². The summed E-state index contributed by atoms with van der Waals surface area (Å²) in [6.45, 7) is 0. The Labute approximate surface area is 93.8 Å². The van der Waals surface area contributed by atoms with Crippen molar-refractivity contribution in [1.29, 1.82) is 0 Å². The Morgan fingerprint density at radius 2 is 2.36 bits per heavy atom. The van der Waals surface area contributed by atoms with Gasteiger partial charge in [-0.1, -0.05) is 0 Å². The highest BCUT2D eigenvalue weighted by Gasteiger charge is 2.18. The van der Waals surface area contributed by atoms with Crippen LogP contribution in [0, 0.1) is 0 Å². The number of pyridine rings is 1. The molecule has 0 spiro atoms. The number of thioether (sulfide) groups is 1. The number of hydrogen-bond donors (Lipinski definition) is 1. The Kier molecular flexibility index (Phi) is 3.77. The molecule has 1 heterocycles. The lowest BCUT2D eigenvalue weighted by Gasteiger charge is -2.09. The van der Waals surface area contributed by atoms with E-state index in [1.165, 1.54) is 25.1 Å². The zero-order valence-corrected chi connectivity index (χ0v) is 9.98. The number of hydrogen-bond acceptors (Lipinski definition) is 4. The van der Waals surface area contributed by atoms with Gasteiger partial charge >= 0.3 is 5.97 Å². The Bertz CT molecular complexity index is 370. The number of ether oxygens (including phenoxy) is 1. The van der Waals surface area contributed by atoms with Crippen molar-refractivity contribution in [3.63, 3.8) is 0 Å². The van der Waals surface area contributed by atoms with E-state index < -0.39 is 5.97 Å². The number of rotatable bonds is 3. The van der Waals surface area contributed by atoms with Crippen molar-refractivity contribution in [2.45, 2.75) is 4.90 Å². The molecule has 76 valence electrons. The molecule has 0 fully saturated rings. The average molecular weight is 278 g/mol. The number of carboxylic acid groups (broad SMARTS) is 1. The summed E-state index contributed by atoms with van der Waals surface area (Å²) in [5, 5.41) is 8.86. The molecule has 0 aliphatic carbocycles. The summed E-state index contributed by atoms with van der Waals surface area (Å²) in [5.41, 5.74) is 0.0116. The fourth-order valence-electron chi connectivity index (χ4n) is 0.986. The second-order valence-corrected chi connectivity index (χ2v) is 4.00. The van der Waals surface area contributed by atoms with Gasteiger partial charge in [0.05, 0.1) is 16.5 Å². The largest absolute Gasteiger partial charge is 0.494 e. The molecule has 0 aliphatic rings. The minimum Gasteiger partial charge on any atom is -0.494 e. The van der Waals surface area contributed by atoms with Crippen LogP contribution in [0.5, 0.6) is 5.75 Å². The molecular formula is C8H8BrNO3S. The molecule has 1 aromatic heterocycles. The molecule has 1 aromatic rings. The normalized spacial score (nSPS) is 9.93. The van der Waals surface area contributed by atoms with Gasteiger partial charge in [-0.25, -0.2) is 9.78 Å². The lowest BCUT2D eigenvalue weighted by molar-refractivity contribution is 0.0685. The number of methoxy groups -OCH3 is 1. The predicted molar refractivity (Wildman–Crippen MR) is 57.2 cm³/mol.